The van der Waals surface area contributed by atoms with E-state index in [1.165, 1.54) is 0 Å². The van der Waals surface area contributed by atoms with Crippen molar-refractivity contribution in [3.8, 4) is 17.2 Å². The van der Waals surface area contributed by atoms with Gasteiger partial charge in [0, 0.05) is 105 Å². The molecule has 6 heterocycles. The lowest BCUT2D eigenvalue weighted by atomic mass is 10.2. The molecule has 6 aliphatic rings. The lowest BCUT2D eigenvalue weighted by molar-refractivity contribution is -0.146. The molecule has 6 aliphatic heterocycles. The molecule has 3 fully saturated rings. The minimum atomic E-state index is -4.17. The van der Waals surface area contributed by atoms with Crippen LogP contribution >= 0.6 is 33.2 Å². The summed E-state index contributed by atoms with van der Waals surface area (Å²) in [5.41, 5.74) is 2.65. The fraction of sp³-hybridized carbons (Fsp3) is 0.611. The number of hydrogen-bond donors (Lipinski definition) is 0. The van der Waals surface area contributed by atoms with Crippen molar-refractivity contribution in [1.29, 1.82) is 0 Å². The third-order valence-electron chi connectivity index (χ3n) is 13.5. The van der Waals surface area contributed by atoms with E-state index < -0.39 is 67.2 Å². The molecule has 474 valence electrons. The summed E-state index contributed by atoms with van der Waals surface area (Å²) >= 11 is 18.2. The molecular weight excluding hydrogens is 1260 g/mol. The van der Waals surface area contributed by atoms with Crippen LogP contribution in [0.2, 0.25) is 37.8 Å². The standard InChI is InChI=1S/C20H28O10Si2.C20H34O7Si2.C14H19Cl3O4Si2.3H2/c1-14(21)27-32(28-15(2)22,29-16(3)23)19-6-7-20-17(10-19)11-26-31(4,30-20)9-5-8-24-12-18-13-25-18;1-5-23-29(24-6-2,25-7-3)19-9-10-20-17(13-19)14-26-28(4,27-20)12-8-11-21-15-18-16-22-18;1-22(6-2-5-18-9-12-10-19-12)20-8-11-7-13(23(15,16)17)3-4-14(11)21-22;;;/h6-7,10,18H,5,8-9,11-13H2,1-4H3;9-10,13,18H,5-8,11-12,14-16H2,1-4H3;3-4,7,12H,2,5-6,8-10H2,1H3;3*1H. The second-order valence-electron chi connectivity index (χ2n) is 21.1. The summed E-state index contributed by atoms with van der Waals surface area (Å²) in [6, 6.07) is 16.3. The molecule has 21 nitrogen and oxygen atoms in total. The van der Waals surface area contributed by atoms with Crippen LogP contribution in [0.5, 0.6) is 17.2 Å². The Morgan fingerprint density at radius 3 is 1.08 bits per heavy atom. The van der Waals surface area contributed by atoms with Gasteiger partial charge in [-0.15, -0.1) is 33.2 Å². The zero-order valence-electron chi connectivity index (χ0n) is 49.5. The third-order valence-corrected chi connectivity index (χ3v) is 30.2. The highest BCUT2D eigenvalue weighted by molar-refractivity contribution is 7.69. The molecule has 9 rings (SSSR count). The van der Waals surface area contributed by atoms with Gasteiger partial charge in [0.25, 0.3) is 17.9 Å². The molecule has 30 heteroatoms. The first kappa shape index (κ1) is 68.6. The molecule has 6 unspecified atom stereocenters. The molecule has 0 radical (unpaired) electrons. The minimum Gasteiger partial charge on any atom is -0.520 e. The number of rotatable bonds is 30. The Kier molecular flexibility index (Phi) is 25.8. The maximum Gasteiger partial charge on any atom is 0.742 e. The summed E-state index contributed by atoms with van der Waals surface area (Å²) in [5, 5.41) is 1.99. The summed E-state index contributed by atoms with van der Waals surface area (Å²) in [6.07, 6.45) is 3.53. The predicted octanol–water partition coefficient (Wildman–Crippen LogP) is 8.11. The van der Waals surface area contributed by atoms with E-state index in [-0.39, 0.29) is 22.2 Å². The zero-order valence-corrected chi connectivity index (χ0v) is 57.8. The first-order chi connectivity index (χ1) is 40.0. The zero-order chi connectivity index (χ0) is 60.6. The van der Waals surface area contributed by atoms with Crippen LogP contribution in [0.3, 0.4) is 0 Å². The summed E-state index contributed by atoms with van der Waals surface area (Å²) < 4.78 is 103. The smallest absolute Gasteiger partial charge is 0.520 e. The van der Waals surface area contributed by atoms with E-state index in [9.17, 15) is 14.4 Å². The molecule has 3 aromatic rings. The van der Waals surface area contributed by atoms with Gasteiger partial charge in [-0.2, -0.15) is 0 Å². The van der Waals surface area contributed by atoms with Crippen molar-refractivity contribution >= 4 is 116 Å². The van der Waals surface area contributed by atoms with Gasteiger partial charge in [0.15, 0.2) is 0 Å². The maximum absolute atomic E-state index is 11.7. The van der Waals surface area contributed by atoms with Gasteiger partial charge in [-0.05, 0) is 101 Å². The van der Waals surface area contributed by atoms with Crippen molar-refractivity contribution in [3.63, 3.8) is 0 Å². The van der Waals surface area contributed by atoms with Crippen LogP contribution in [0.1, 0.15) is 81.8 Å². The number of epoxide rings is 3. The average molecular weight is 1350 g/mol. The van der Waals surface area contributed by atoms with E-state index in [2.05, 4.69) is 19.2 Å². The van der Waals surface area contributed by atoms with Crippen molar-refractivity contribution in [3.05, 3.63) is 71.3 Å². The Morgan fingerprint density at radius 1 is 0.500 bits per heavy atom. The van der Waals surface area contributed by atoms with E-state index in [0.717, 1.165) is 111 Å². The molecule has 84 heavy (non-hydrogen) atoms. The average Bonchev–Trinajstić information content (AvgIpc) is 1.77. The van der Waals surface area contributed by atoms with Gasteiger partial charge in [-0.1, -0.05) is 18.2 Å². The van der Waals surface area contributed by atoms with Gasteiger partial charge in [0.1, 0.15) is 35.6 Å². The third kappa shape index (κ3) is 21.4. The Labute approximate surface area is 517 Å². The molecule has 0 saturated carbocycles. The highest BCUT2D eigenvalue weighted by Crippen LogP contribution is 2.35. The van der Waals surface area contributed by atoms with Crippen LogP contribution in [-0.4, -0.2) is 165 Å². The molecular formula is C54H87Cl3O21Si6. The Bertz CT molecular complexity index is 2610. The molecule has 0 amide bonds. The number of fused-ring (bicyclic) bond motifs is 3. The molecule has 0 aliphatic carbocycles. The summed E-state index contributed by atoms with van der Waals surface area (Å²) in [4.78, 5) is 35.2. The van der Waals surface area contributed by atoms with Crippen molar-refractivity contribution in [2.45, 2.75) is 137 Å². The Morgan fingerprint density at radius 2 is 0.798 bits per heavy atom. The molecule has 3 aromatic carbocycles. The maximum atomic E-state index is 11.7. The van der Waals surface area contributed by atoms with Crippen molar-refractivity contribution in [1.82, 2.24) is 0 Å². The number of hydrogen-bond acceptors (Lipinski definition) is 21. The quantitative estimate of drug-likeness (QED) is 0.0266. The predicted molar refractivity (Wildman–Crippen MR) is 331 cm³/mol. The van der Waals surface area contributed by atoms with E-state index in [4.69, 9.17) is 115 Å². The second-order valence-corrected chi connectivity index (χ2v) is 44.2. The lowest BCUT2D eigenvalue weighted by Gasteiger charge is -2.35. The molecule has 0 aromatic heterocycles. The summed E-state index contributed by atoms with van der Waals surface area (Å²) in [6.45, 7) is 24.9. The van der Waals surface area contributed by atoms with Crippen molar-refractivity contribution < 1.29 is 100 Å². The molecule has 0 N–H and O–H groups in total. The highest BCUT2D eigenvalue weighted by atomic mass is 35.8. The van der Waals surface area contributed by atoms with Gasteiger partial charge in [0.05, 0.1) is 64.6 Å². The van der Waals surface area contributed by atoms with Crippen LogP contribution in [0.15, 0.2) is 54.6 Å². The Balaban J connectivity index is 0.000000278. The van der Waals surface area contributed by atoms with Gasteiger partial charge in [0.2, 0.25) is 0 Å². The number of carbonyl (C=O) groups is 3. The minimum absolute atomic E-state index is 0. The largest absolute Gasteiger partial charge is 0.742 e. The van der Waals surface area contributed by atoms with E-state index in [1.807, 2.05) is 57.7 Å². The van der Waals surface area contributed by atoms with Crippen LogP contribution in [0.25, 0.3) is 0 Å². The first-order valence-electron chi connectivity index (χ1n) is 28.5. The van der Waals surface area contributed by atoms with Gasteiger partial charge < -0.3 is 81.5 Å². The number of halogens is 3. The monoisotopic (exact) mass is 1340 g/mol. The molecule has 3 saturated heterocycles. The number of ether oxygens (including phenoxy) is 6. The topological polar surface area (TPSA) is 227 Å². The first-order valence-corrected chi connectivity index (χ1v) is 44.6. The fourth-order valence-electron chi connectivity index (χ4n) is 9.15. The molecule has 0 bridgehead atoms. The SMILES string of the molecule is CC(=O)O[Si](OC(C)=O)(OC(C)=O)c1ccc2c(c1)CO[Si](C)(CCCOCC1CO1)O2.CCO[Si](OCC)(OCC)c1ccc2c(c1)CO[Si](C)(CCCOCC1CO1)O2.C[Si]1(CCCOCC2CO2)OCc2cc([Si](Cl)(Cl)Cl)ccc2O1.[HH].[HH].[HH]. The van der Waals surface area contributed by atoms with Crippen molar-refractivity contribution in [2.75, 3.05) is 79.3 Å². The van der Waals surface area contributed by atoms with Crippen LogP contribution in [0.4, 0.5) is 0 Å². The van der Waals surface area contributed by atoms with Gasteiger partial charge in [-0.3, -0.25) is 14.4 Å². The summed E-state index contributed by atoms with van der Waals surface area (Å²) in [5.74, 6) is 0.177. The normalized spacial score (nSPS) is 23.6. The van der Waals surface area contributed by atoms with Crippen LogP contribution in [-0.2, 0) is 102 Å². The van der Waals surface area contributed by atoms with Crippen LogP contribution < -0.4 is 28.8 Å². The second kappa shape index (κ2) is 31.6. The van der Waals surface area contributed by atoms with E-state index in [1.54, 1.807) is 18.2 Å². The van der Waals surface area contributed by atoms with E-state index in [0.29, 0.717) is 96.2 Å². The summed E-state index contributed by atoms with van der Waals surface area (Å²) in [7, 11) is -14.0. The van der Waals surface area contributed by atoms with Crippen LogP contribution in [0, 0.1) is 0 Å². The number of benzene rings is 3. The van der Waals surface area contributed by atoms with Gasteiger partial charge in [-0.25, -0.2) is 0 Å². The fourth-order valence-corrected chi connectivity index (χ4v) is 22.3. The lowest BCUT2D eigenvalue weighted by Crippen LogP contribution is -2.59. The molecule has 0 spiro atoms. The Hall–Kier alpha value is -2.84. The highest BCUT2D eigenvalue weighted by Gasteiger charge is 2.55. The van der Waals surface area contributed by atoms with Gasteiger partial charge >= 0.3 is 49.3 Å². The van der Waals surface area contributed by atoms with E-state index >= 15 is 0 Å². The number of carbonyl (C=O) groups excluding carboxylic acids is 3. The van der Waals surface area contributed by atoms with Crippen molar-refractivity contribution in [2.24, 2.45) is 0 Å². The molecule has 6 atom stereocenters.